The molecule has 3 nitrogen and oxygen atoms in total. The zero-order valence-corrected chi connectivity index (χ0v) is 9.93. The Bertz CT molecular complexity index is 613. The zero-order chi connectivity index (χ0) is 12.4. The second-order valence-corrected chi connectivity index (χ2v) is 4.45. The van der Waals surface area contributed by atoms with Crippen molar-refractivity contribution in [3.63, 3.8) is 0 Å². The van der Waals surface area contributed by atoms with Crippen molar-refractivity contribution in [3.8, 4) is 6.07 Å². The summed E-state index contributed by atoms with van der Waals surface area (Å²) in [6.07, 6.45) is 3.85. The number of nitrogens with zero attached hydrogens (tertiary/aromatic N) is 2. The van der Waals surface area contributed by atoms with Crippen LogP contribution >= 0.6 is 0 Å². The van der Waals surface area contributed by atoms with E-state index in [0.717, 1.165) is 12.8 Å². The van der Waals surface area contributed by atoms with Crippen molar-refractivity contribution in [2.75, 3.05) is 5.32 Å². The number of benzene rings is 1. The first-order valence-electron chi connectivity index (χ1n) is 6.08. The number of anilines is 1. The minimum atomic E-state index is 0.267. The fourth-order valence-corrected chi connectivity index (χ4v) is 2.48. The standard InChI is InChI=1S/C15H13N3/c16-10-12-5-3-9-17-15(12)18-14-8-7-11-4-1-2-6-13(11)14/h1-6,9,14H,7-8H2,(H,17,18). The topological polar surface area (TPSA) is 48.7 Å². The van der Waals surface area contributed by atoms with E-state index in [1.807, 2.05) is 0 Å². The van der Waals surface area contributed by atoms with Gasteiger partial charge in [-0.2, -0.15) is 5.26 Å². The lowest BCUT2D eigenvalue weighted by molar-refractivity contribution is 0.757. The van der Waals surface area contributed by atoms with Crippen LogP contribution in [0, 0.1) is 11.3 Å². The third-order valence-electron chi connectivity index (χ3n) is 3.37. The molecule has 1 atom stereocenters. The molecule has 0 amide bonds. The lowest BCUT2D eigenvalue weighted by atomic mass is 10.1. The second-order valence-electron chi connectivity index (χ2n) is 4.45. The number of aromatic nitrogens is 1. The van der Waals surface area contributed by atoms with Gasteiger partial charge in [0.15, 0.2) is 0 Å². The minimum absolute atomic E-state index is 0.267. The van der Waals surface area contributed by atoms with E-state index >= 15 is 0 Å². The van der Waals surface area contributed by atoms with Gasteiger partial charge in [-0.05, 0) is 36.1 Å². The molecule has 3 heteroatoms. The van der Waals surface area contributed by atoms with Gasteiger partial charge in [0.2, 0.25) is 0 Å². The molecule has 0 bridgehead atoms. The quantitative estimate of drug-likeness (QED) is 0.870. The van der Waals surface area contributed by atoms with Gasteiger partial charge in [0, 0.05) is 6.20 Å². The maximum absolute atomic E-state index is 9.06. The van der Waals surface area contributed by atoms with Crippen LogP contribution in [0.2, 0.25) is 0 Å². The fraction of sp³-hybridized carbons (Fsp3) is 0.200. The van der Waals surface area contributed by atoms with Crippen molar-refractivity contribution in [1.82, 2.24) is 4.98 Å². The van der Waals surface area contributed by atoms with Gasteiger partial charge in [0.25, 0.3) is 0 Å². The Morgan fingerprint density at radius 1 is 1.22 bits per heavy atom. The lowest BCUT2D eigenvalue weighted by Gasteiger charge is -2.15. The van der Waals surface area contributed by atoms with Gasteiger partial charge in [-0.1, -0.05) is 24.3 Å². The third-order valence-corrected chi connectivity index (χ3v) is 3.37. The summed E-state index contributed by atoms with van der Waals surface area (Å²) in [6.45, 7) is 0. The predicted octanol–water partition coefficient (Wildman–Crippen LogP) is 3.05. The fourth-order valence-electron chi connectivity index (χ4n) is 2.48. The minimum Gasteiger partial charge on any atom is -0.362 e. The third kappa shape index (κ3) is 1.82. The van der Waals surface area contributed by atoms with Crippen LogP contribution in [0.15, 0.2) is 42.6 Å². The number of hydrogen-bond donors (Lipinski definition) is 1. The van der Waals surface area contributed by atoms with Gasteiger partial charge >= 0.3 is 0 Å². The number of nitrogens with one attached hydrogen (secondary N) is 1. The van der Waals surface area contributed by atoms with Crippen LogP contribution in [0.5, 0.6) is 0 Å². The van der Waals surface area contributed by atoms with Crippen LogP contribution < -0.4 is 5.32 Å². The molecular formula is C15H13N3. The molecule has 0 aliphatic heterocycles. The van der Waals surface area contributed by atoms with Crippen LogP contribution in [-0.2, 0) is 6.42 Å². The lowest BCUT2D eigenvalue weighted by Crippen LogP contribution is -2.09. The molecule has 1 aromatic carbocycles. The van der Waals surface area contributed by atoms with Crippen molar-refractivity contribution >= 4 is 5.82 Å². The van der Waals surface area contributed by atoms with Gasteiger partial charge in [0.05, 0.1) is 11.6 Å². The molecule has 0 fully saturated rings. The average molecular weight is 235 g/mol. The molecule has 1 aromatic heterocycles. The molecule has 18 heavy (non-hydrogen) atoms. The number of hydrogen-bond acceptors (Lipinski definition) is 3. The highest BCUT2D eigenvalue weighted by molar-refractivity contribution is 5.53. The maximum Gasteiger partial charge on any atom is 0.144 e. The van der Waals surface area contributed by atoms with Gasteiger partial charge < -0.3 is 5.32 Å². The molecular weight excluding hydrogens is 222 g/mol. The van der Waals surface area contributed by atoms with Crippen LogP contribution in [0.1, 0.15) is 29.2 Å². The largest absolute Gasteiger partial charge is 0.362 e. The molecule has 0 radical (unpaired) electrons. The molecule has 1 aliphatic carbocycles. The van der Waals surface area contributed by atoms with Gasteiger partial charge in [0.1, 0.15) is 11.9 Å². The Morgan fingerprint density at radius 2 is 2.11 bits per heavy atom. The monoisotopic (exact) mass is 235 g/mol. The highest BCUT2D eigenvalue weighted by Crippen LogP contribution is 2.33. The Kier molecular flexibility index (Phi) is 2.70. The Morgan fingerprint density at radius 3 is 3.00 bits per heavy atom. The smallest absolute Gasteiger partial charge is 0.144 e. The van der Waals surface area contributed by atoms with Crippen molar-refractivity contribution in [1.29, 1.82) is 5.26 Å². The Hall–Kier alpha value is -2.34. The molecule has 1 unspecified atom stereocenters. The first-order valence-corrected chi connectivity index (χ1v) is 6.08. The summed E-state index contributed by atoms with van der Waals surface area (Å²) < 4.78 is 0. The van der Waals surface area contributed by atoms with Crippen molar-refractivity contribution in [3.05, 3.63) is 59.3 Å². The summed E-state index contributed by atoms with van der Waals surface area (Å²) in [7, 11) is 0. The van der Waals surface area contributed by atoms with E-state index in [2.05, 4.69) is 40.6 Å². The van der Waals surface area contributed by atoms with Crippen LogP contribution in [0.25, 0.3) is 0 Å². The van der Waals surface area contributed by atoms with Gasteiger partial charge in [-0.25, -0.2) is 4.98 Å². The first kappa shape index (κ1) is 10.8. The predicted molar refractivity (Wildman–Crippen MR) is 70.1 cm³/mol. The zero-order valence-electron chi connectivity index (χ0n) is 9.93. The van der Waals surface area contributed by atoms with E-state index in [0.29, 0.717) is 11.4 Å². The molecule has 0 spiro atoms. The summed E-state index contributed by atoms with van der Waals surface area (Å²) in [4.78, 5) is 4.25. The summed E-state index contributed by atoms with van der Waals surface area (Å²) in [5, 5.41) is 12.4. The van der Waals surface area contributed by atoms with E-state index in [1.165, 1.54) is 11.1 Å². The number of fused-ring (bicyclic) bond motifs is 1. The van der Waals surface area contributed by atoms with Crippen molar-refractivity contribution in [2.45, 2.75) is 18.9 Å². The van der Waals surface area contributed by atoms with Crippen LogP contribution in [0.3, 0.4) is 0 Å². The summed E-state index contributed by atoms with van der Waals surface area (Å²) in [5.74, 6) is 0.682. The molecule has 1 heterocycles. The maximum atomic E-state index is 9.06. The van der Waals surface area contributed by atoms with Crippen LogP contribution in [0.4, 0.5) is 5.82 Å². The van der Waals surface area contributed by atoms with E-state index in [4.69, 9.17) is 5.26 Å². The van der Waals surface area contributed by atoms with E-state index < -0.39 is 0 Å². The Labute approximate surface area is 106 Å². The molecule has 1 N–H and O–H groups in total. The van der Waals surface area contributed by atoms with Crippen LogP contribution in [-0.4, -0.2) is 4.98 Å². The molecule has 0 saturated carbocycles. The van der Waals surface area contributed by atoms with Crippen molar-refractivity contribution in [2.24, 2.45) is 0 Å². The van der Waals surface area contributed by atoms with E-state index in [1.54, 1.807) is 18.3 Å². The van der Waals surface area contributed by atoms with E-state index in [9.17, 15) is 0 Å². The van der Waals surface area contributed by atoms with Gasteiger partial charge in [-0.15, -0.1) is 0 Å². The molecule has 2 aromatic rings. The second kappa shape index (κ2) is 4.50. The highest BCUT2D eigenvalue weighted by Gasteiger charge is 2.22. The molecule has 0 saturated heterocycles. The summed E-state index contributed by atoms with van der Waals surface area (Å²) >= 11 is 0. The first-order chi connectivity index (χ1) is 8.88. The Balaban J connectivity index is 1.89. The molecule has 1 aliphatic rings. The van der Waals surface area contributed by atoms with E-state index in [-0.39, 0.29) is 6.04 Å². The molecule has 88 valence electrons. The highest BCUT2D eigenvalue weighted by atomic mass is 15.0. The normalized spacial score (nSPS) is 16.9. The SMILES string of the molecule is N#Cc1cccnc1NC1CCc2ccccc21. The number of nitriles is 1. The van der Waals surface area contributed by atoms with Gasteiger partial charge in [-0.3, -0.25) is 0 Å². The summed E-state index contributed by atoms with van der Waals surface area (Å²) in [6, 6.07) is 14.5. The molecule has 3 rings (SSSR count). The average Bonchev–Trinajstić information content (AvgIpc) is 2.83. The van der Waals surface area contributed by atoms with Crippen molar-refractivity contribution < 1.29 is 0 Å². The number of rotatable bonds is 2. The number of aryl methyl sites for hydroxylation is 1. The summed E-state index contributed by atoms with van der Waals surface area (Å²) in [5.41, 5.74) is 3.32. The number of pyridine rings is 1.